The summed E-state index contributed by atoms with van der Waals surface area (Å²) in [6, 6.07) is 11.5. The summed E-state index contributed by atoms with van der Waals surface area (Å²) in [5.41, 5.74) is 2.41. The minimum atomic E-state index is -4.55. The number of rotatable bonds is 4. The number of aryl methyl sites for hydroxylation is 1. The molecule has 1 amide bonds. The van der Waals surface area contributed by atoms with E-state index in [0.717, 1.165) is 28.8 Å². The number of halogens is 3. The third-order valence-corrected chi connectivity index (χ3v) is 6.57. The summed E-state index contributed by atoms with van der Waals surface area (Å²) in [7, 11) is 2.97. The van der Waals surface area contributed by atoms with Crippen LogP contribution in [0.3, 0.4) is 0 Å². The SMILES string of the molecule is COc1ccc(C2CC(C(F)(F)F)n3nc(C(=O)N4CCCc5ccccc54)cc3N2)cc1OC. The highest BCUT2D eigenvalue weighted by molar-refractivity contribution is 6.06. The maximum Gasteiger partial charge on any atom is 0.410 e. The van der Waals surface area contributed by atoms with Gasteiger partial charge in [0.05, 0.1) is 20.3 Å². The van der Waals surface area contributed by atoms with Crippen molar-refractivity contribution in [3.63, 3.8) is 0 Å². The van der Waals surface area contributed by atoms with Gasteiger partial charge in [-0.2, -0.15) is 18.3 Å². The molecule has 1 aromatic heterocycles. The number of carbonyl (C=O) groups is 1. The highest BCUT2D eigenvalue weighted by atomic mass is 19.4. The van der Waals surface area contributed by atoms with Gasteiger partial charge in [-0.3, -0.25) is 4.79 Å². The zero-order valence-electron chi connectivity index (χ0n) is 19.3. The largest absolute Gasteiger partial charge is 0.493 e. The third-order valence-electron chi connectivity index (χ3n) is 6.57. The lowest BCUT2D eigenvalue weighted by Crippen LogP contribution is -2.37. The molecule has 2 unspecified atom stereocenters. The number of hydrogen-bond acceptors (Lipinski definition) is 5. The Balaban J connectivity index is 1.49. The van der Waals surface area contributed by atoms with Crippen molar-refractivity contribution >= 4 is 17.4 Å². The Morgan fingerprint density at radius 3 is 2.60 bits per heavy atom. The Labute approximate surface area is 200 Å². The summed E-state index contributed by atoms with van der Waals surface area (Å²) < 4.78 is 53.8. The van der Waals surface area contributed by atoms with Gasteiger partial charge >= 0.3 is 6.18 Å². The average molecular weight is 486 g/mol. The molecule has 0 aliphatic carbocycles. The van der Waals surface area contributed by atoms with Crippen LogP contribution in [0.15, 0.2) is 48.5 Å². The molecule has 2 aromatic carbocycles. The molecule has 184 valence electrons. The summed E-state index contributed by atoms with van der Waals surface area (Å²) in [6.07, 6.45) is -3.20. The van der Waals surface area contributed by atoms with Crippen molar-refractivity contribution in [3.8, 4) is 11.5 Å². The van der Waals surface area contributed by atoms with Gasteiger partial charge in [-0.1, -0.05) is 24.3 Å². The Kier molecular flexibility index (Phi) is 5.82. The second kappa shape index (κ2) is 8.83. The molecule has 2 aliphatic heterocycles. The van der Waals surface area contributed by atoms with Gasteiger partial charge in [-0.05, 0) is 42.2 Å². The maximum atomic E-state index is 14.1. The summed E-state index contributed by atoms with van der Waals surface area (Å²) >= 11 is 0. The molecule has 2 aliphatic rings. The summed E-state index contributed by atoms with van der Waals surface area (Å²) in [5.74, 6) is 0.643. The van der Waals surface area contributed by atoms with Gasteiger partial charge in [0.25, 0.3) is 5.91 Å². The first kappa shape index (κ1) is 23.1. The molecule has 2 atom stereocenters. The highest BCUT2D eigenvalue weighted by Crippen LogP contribution is 2.45. The molecule has 35 heavy (non-hydrogen) atoms. The fraction of sp³-hybridized carbons (Fsp3) is 0.360. The van der Waals surface area contributed by atoms with E-state index in [4.69, 9.17) is 9.47 Å². The minimum absolute atomic E-state index is 0.0218. The molecule has 10 heteroatoms. The van der Waals surface area contributed by atoms with E-state index in [2.05, 4.69) is 10.4 Å². The van der Waals surface area contributed by atoms with Gasteiger partial charge in [0.2, 0.25) is 0 Å². The van der Waals surface area contributed by atoms with Crippen molar-refractivity contribution in [1.82, 2.24) is 9.78 Å². The van der Waals surface area contributed by atoms with Crippen molar-refractivity contribution < 1.29 is 27.4 Å². The van der Waals surface area contributed by atoms with Crippen LogP contribution in [0, 0.1) is 0 Å². The van der Waals surface area contributed by atoms with E-state index in [1.54, 1.807) is 23.1 Å². The number of methoxy groups -OCH3 is 2. The van der Waals surface area contributed by atoms with Crippen molar-refractivity contribution in [1.29, 1.82) is 0 Å². The maximum absolute atomic E-state index is 14.1. The summed E-state index contributed by atoms with van der Waals surface area (Å²) in [5, 5.41) is 7.27. The van der Waals surface area contributed by atoms with E-state index in [9.17, 15) is 18.0 Å². The summed E-state index contributed by atoms with van der Waals surface area (Å²) in [6.45, 7) is 0.489. The van der Waals surface area contributed by atoms with E-state index >= 15 is 0 Å². The lowest BCUT2D eigenvalue weighted by Gasteiger charge is -2.33. The number of aromatic nitrogens is 2. The Bertz CT molecular complexity index is 1260. The Morgan fingerprint density at radius 1 is 1.09 bits per heavy atom. The van der Waals surface area contributed by atoms with Crippen LogP contribution in [-0.4, -0.2) is 42.6 Å². The van der Waals surface area contributed by atoms with Gasteiger partial charge in [0.1, 0.15) is 5.82 Å². The lowest BCUT2D eigenvalue weighted by molar-refractivity contribution is -0.173. The molecule has 0 saturated carbocycles. The fourth-order valence-electron chi connectivity index (χ4n) is 4.85. The quantitative estimate of drug-likeness (QED) is 0.552. The van der Waals surface area contributed by atoms with Crippen molar-refractivity contribution in [2.75, 3.05) is 31.0 Å². The number of carbonyl (C=O) groups excluding carboxylic acids is 1. The van der Waals surface area contributed by atoms with Crippen LogP contribution in [-0.2, 0) is 6.42 Å². The number of ether oxygens (including phenoxy) is 2. The van der Waals surface area contributed by atoms with Gasteiger partial charge in [-0.25, -0.2) is 4.68 Å². The first-order valence-corrected chi connectivity index (χ1v) is 11.3. The molecule has 0 radical (unpaired) electrons. The van der Waals surface area contributed by atoms with Crippen LogP contribution < -0.4 is 19.7 Å². The number of benzene rings is 2. The Hall–Kier alpha value is -3.69. The van der Waals surface area contributed by atoms with Crippen LogP contribution in [0.4, 0.5) is 24.7 Å². The molecule has 0 fully saturated rings. The topological polar surface area (TPSA) is 68.6 Å². The number of alkyl halides is 3. The minimum Gasteiger partial charge on any atom is -0.493 e. The number of amides is 1. The highest BCUT2D eigenvalue weighted by Gasteiger charge is 2.47. The normalized spacial score (nSPS) is 19.4. The fourth-order valence-corrected chi connectivity index (χ4v) is 4.85. The van der Waals surface area contributed by atoms with Gasteiger partial charge in [0, 0.05) is 24.7 Å². The molecule has 0 saturated heterocycles. The molecule has 7 nitrogen and oxygen atoms in total. The zero-order valence-corrected chi connectivity index (χ0v) is 19.3. The molecule has 3 aromatic rings. The number of fused-ring (bicyclic) bond motifs is 2. The van der Waals surface area contributed by atoms with E-state index in [0.29, 0.717) is 23.6 Å². The molecular formula is C25H25F3N4O3. The second-order valence-electron chi connectivity index (χ2n) is 8.65. The lowest BCUT2D eigenvalue weighted by atomic mass is 9.96. The first-order chi connectivity index (χ1) is 16.8. The molecule has 3 heterocycles. The number of anilines is 2. The van der Waals surface area contributed by atoms with Crippen molar-refractivity contribution in [3.05, 3.63) is 65.4 Å². The van der Waals surface area contributed by atoms with Crippen LogP contribution in [0.25, 0.3) is 0 Å². The summed E-state index contributed by atoms with van der Waals surface area (Å²) in [4.78, 5) is 15.0. The zero-order chi connectivity index (χ0) is 24.7. The van der Waals surface area contributed by atoms with Crippen LogP contribution in [0.5, 0.6) is 11.5 Å². The predicted octanol–water partition coefficient (Wildman–Crippen LogP) is 5.15. The average Bonchev–Trinajstić information content (AvgIpc) is 3.30. The number of para-hydroxylation sites is 1. The van der Waals surface area contributed by atoms with E-state index < -0.39 is 24.2 Å². The number of nitrogens with one attached hydrogen (secondary N) is 1. The molecule has 5 rings (SSSR count). The predicted molar refractivity (Wildman–Crippen MR) is 124 cm³/mol. The number of hydrogen-bond donors (Lipinski definition) is 1. The van der Waals surface area contributed by atoms with Crippen LogP contribution in [0.2, 0.25) is 0 Å². The smallest absolute Gasteiger partial charge is 0.410 e. The van der Waals surface area contributed by atoms with Gasteiger partial charge in [0.15, 0.2) is 23.2 Å². The van der Waals surface area contributed by atoms with E-state index in [1.807, 2.05) is 24.3 Å². The first-order valence-electron chi connectivity index (χ1n) is 11.3. The molecule has 0 bridgehead atoms. The number of nitrogens with zero attached hydrogens (tertiary/aromatic N) is 3. The van der Waals surface area contributed by atoms with E-state index in [1.165, 1.54) is 20.3 Å². The molecule has 0 spiro atoms. The third kappa shape index (κ3) is 4.17. The molecule has 1 N–H and O–H groups in total. The van der Waals surface area contributed by atoms with Crippen molar-refractivity contribution in [2.24, 2.45) is 0 Å². The van der Waals surface area contributed by atoms with Gasteiger partial charge in [-0.15, -0.1) is 0 Å². The van der Waals surface area contributed by atoms with E-state index in [-0.39, 0.29) is 17.9 Å². The second-order valence-corrected chi connectivity index (χ2v) is 8.65. The van der Waals surface area contributed by atoms with Crippen LogP contribution in [0.1, 0.15) is 46.5 Å². The molecular weight excluding hydrogens is 461 g/mol. The standard InChI is InChI=1S/C25H25F3N4O3/c1-34-20-10-9-16(12-21(20)35-2)17-13-22(25(26,27)28)32-23(29-17)14-18(30-32)24(33)31-11-5-7-15-6-3-4-8-19(15)31/h3-4,6,8-10,12,14,17,22,29H,5,7,11,13H2,1-2H3. The van der Waals surface area contributed by atoms with Gasteiger partial charge < -0.3 is 19.7 Å². The monoisotopic (exact) mass is 486 g/mol. The Morgan fingerprint density at radius 2 is 1.86 bits per heavy atom. The van der Waals surface area contributed by atoms with Crippen molar-refractivity contribution in [2.45, 2.75) is 37.5 Å². The van der Waals surface area contributed by atoms with Crippen LogP contribution >= 0.6 is 0 Å².